The molecule has 0 spiro atoms. The first-order valence-electron chi connectivity index (χ1n) is 6.69. The molecule has 1 unspecified atom stereocenters. The van der Waals surface area contributed by atoms with Crippen LogP contribution in [0.15, 0.2) is 51.8 Å². The predicted molar refractivity (Wildman–Crippen MR) is 97.4 cm³/mol. The van der Waals surface area contributed by atoms with Crippen molar-refractivity contribution in [3.63, 3.8) is 0 Å². The molecular weight excluding hydrogens is 421 g/mol. The van der Waals surface area contributed by atoms with Gasteiger partial charge in [-0.1, -0.05) is 39.1 Å². The first-order chi connectivity index (χ1) is 10.9. The summed E-state index contributed by atoms with van der Waals surface area (Å²) in [6.07, 6.45) is 0.156. The number of halogens is 3. The highest BCUT2D eigenvalue weighted by Gasteiger charge is 2.40. The molecular formula is C16H10BrCl2NO2S. The SMILES string of the molecule is O=C1CC(Sc2ccc(Br)cc2)C(=O)N1c1cc(Cl)cc(Cl)c1. The first-order valence-corrected chi connectivity index (χ1v) is 9.12. The van der Waals surface area contributed by atoms with Crippen molar-refractivity contribution in [2.45, 2.75) is 16.6 Å². The molecule has 1 fully saturated rings. The Morgan fingerprint density at radius 3 is 2.26 bits per heavy atom. The molecule has 1 saturated heterocycles. The summed E-state index contributed by atoms with van der Waals surface area (Å²) in [5.41, 5.74) is 0.413. The highest BCUT2D eigenvalue weighted by Crippen LogP contribution is 2.36. The number of carbonyl (C=O) groups is 2. The second-order valence-electron chi connectivity index (χ2n) is 4.96. The summed E-state index contributed by atoms with van der Waals surface area (Å²) in [7, 11) is 0. The van der Waals surface area contributed by atoms with Crippen molar-refractivity contribution < 1.29 is 9.59 Å². The molecule has 2 aromatic rings. The van der Waals surface area contributed by atoms with E-state index in [4.69, 9.17) is 23.2 Å². The zero-order valence-corrected chi connectivity index (χ0v) is 15.5. The Hall–Kier alpha value is -1.01. The van der Waals surface area contributed by atoms with E-state index in [1.165, 1.54) is 11.8 Å². The lowest BCUT2D eigenvalue weighted by molar-refractivity contribution is -0.121. The highest BCUT2D eigenvalue weighted by atomic mass is 79.9. The maximum Gasteiger partial charge on any atom is 0.247 e. The number of anilines is 1. The number of hydrogen-bond acceptors (Lipinski definition) is 3. The van der Waals surface area contributed by atoms with Gasteiger partial charge < -0.3 is 0 Å². The largest absolute Gasteiger partial charge is 0.274 e. The lowest BCUT2D eigenvalue weighted by atomic mass is 10.3. The van der Waals surface area contributed by atoms with Crippen molar-refractivity contribution in [2.24, 2.45) is 0 Å². The fourth-order valence-electron chi connectivity index (χ4n) is 2.31. The lowest BCUT2D eigenvalue weighted by Gasteiger charge is -2.15. The number of hydrogen-bond donors (Lipinski definition) is 0. The molecule has 0 aliphatic carbocycles. The van der Waals surface area contributed by atoms with Crippen molar-refractivity contribution in [3.8, 4) is 0 Å². The fourth-order valence-corrected chi connectivity index (χ4v) is 4.15. The van der Waals surface area contributed by atoms with E-state index in [0.717, 1.165) is 14.3 Å². The lowest BCUT2D eigenvalue weighted by Crippen LogP contribution is -2.31. The molecule has 0 radical (unpaired) electrons. The van der Waals surface area contributed by atoms with Gasteiger partial charge in [0.1, 0.15) is 0 Å². The third-order valence-corrected chi connectivity index (χ3v) is 5.46. The van der Waals surface area contributed by atoms with Gasteiger partial charge in [0.05, 0.1) is 10.9 Å². The minimum Gasteiger partial charge on any atom is -0.274 e. The number of rotatable bonds is 3. The quantitative estimate of drug-likeness (QED) is 0.629. The highest BCUT2D eigenvalue weighted by molar-refractivity contribution is 9.10. The number of benzene rings is 2. The van der Waals surface area contributed by atoms with Crippen LogP contribution in [0.4, 0.5) is 5.69 Å². The average Bonchev–Trinajstić information content (AvgIpc) is 2.75. The van der Waals surface area contributed by atoms with Crippen molar-refractivity contribution >= 4 is 68.4 Å². The Morgan fingerprint density at radius 2 is 1.65 bits per heavy atom. The maximum atomic E-state index is 12.6. The fraction of sp³-hybridized carbons (Fsp3) is 0.125. The summed E-state index contributed by atoms with van der Waals surface area (Å²) in [4.78, 5) is 27.0. The molecule has 3 nitrogen and oxygen atoms in total. The Morgan fingerprint density at radius 1 is 1.04 bits per heavy atom. The third kappa shape index (κ3) is 3.74. The van der Waals surface area contributed by atoms with Crippen LogP contribution in [0.25, 0.3) is 0 Å². The first kappa shape index (κ1) is 16.8. The van der Waals surface area contributed by atoms with Gasteiger partial charge in [0.25, 0.3) is 0 Å². The molecule has 2 aromatic carbocycles. The average molecular weight is 431 g/mol. The van der Waals surface area contributed by atoms with Crippen LogP contribution in [-0.4, -0.2) is 17.1 Å². The van der Waals surface area contributed by atoms with Crippen LogP contribution in [0.2, 0.25) is 10.0 Å². The van der Waals surface area contributed by atoms with Crippen molar-refractivity contribution in [1.82, 2.24) is 0 Å². The molecule has 7 heteroatoms. The Balaban J connectivity index is 1.83. The molecule has 0 bridgehead atoms. The van der Waals surface area contributed by atoms with E-state index in [-0.39, 0.29) is 18.2 Å². The summed E-state index contributed by atoms with van der Waals surface area (Å²) in [5.74, 6) is -0.496. The summed E-state index contributed by atoms with van der Waals surface area (Å²) in [6, 6.07) is 12.3. The van der Waals surface area contributed by atoms with Crippen LogP contribution in [-0.2, 0) is 9.59 Å². The molecule has 118 valence electrons. The molecule has 1 aliphatic rings. The number of imide groups is 1. The van der Waals surface area contributed by atoms with E-state index in [2.05, 4.69) is 15.9 Å². The van der Waals surface area contributed by atoms with Crippen LogP contribution >= 0.6 is 50.9 Å². The van der Waals surface area contributed by atoms with E-state index >= 15 is 0 Å². The van der Waals surface area contributed by atoms with Crippen molar-refractivity contribution in [3.05, 3.63) is 57.0 Å². The summed E-state index contributed by atoms with van der Waals surface area (Å²) in [5, 5.41) is 0.329. The van der Waals surface area contributed by atoms with E-state index < -0.39 is 5.25 Å². The van der Waals surface area contributed by atoms with Crippen molar-refractivity contribution in [1.29, 1.82) is 0 Å². The zero-order valence-electron chi connectivity index (χ0n) is 11.6. The number of thioether (sulfide) groups is 1. The van der Waals surface area contributed by atoms with Crippen LogP contribution in [0.3, 0.4) is 0 Å². The van der Waals surface area contributed by atoms with Gasteiger partial charge in [0, 0.05) is 25.8 Å². The van der Waals surface area contributed by atoms with Gasteiger partial charge in [0.2, 0.25) is 11.8 Å². The standard InChI is InChI=1S/C16H10BrCl2NO2S/c17-9-1-3-13(4-2-9)23-14-8-15(21)20(16(14)22)12-6-10(18)5-11(19)7-12/h1-7,14H,8H2. The predicted octanol–water partition coefficient (Wildman–Crippen LogP) is 5.18. The van der Waals surface area contributed by atoms with Crippen LogP contribution < -0.4 is 4.90 Å². The second-order valence-corrected chi connectivity index (χ2v) is 8.02. The van der Waals surface area contributed by atoms with Crippen molar-refractivity contribution in [2.75, 3.05) is 4.90 Å². The monoisotopic (exact) mass is 429 g/mol. The molecule has 0 saturated carbocycles. The van der Waals surface area contributed by atoms with E-state index in [1.807, 2.05) is 24.3 Å². The van der Waals surface area contributed by atoms with Crippen LogP contribution in [0.1, 0.15) is 6.42 Å². The molecule has 1 heterocycles. The Bertz CT molecular complexity index is 762. The molecule has 1 aliphatic heterocycles. The Kier molecular flexibility index (Phi) is 5.01. The zero-order chi connectivity index (χ0) is 16.6. The van der Waals surface area contributed by atoms with Crippen LogP contribution in [0.5, 0.6) is 0 Å². The Labute approximate surface area is 156 Å². The molecule has 0 N–H and O–H groups in total. The minimum atomic E-state index is -0.443. The van der Waals surface area contributed by atoms with Gasteiger partial charge in [0.15, 0.2) is 0 Å². The number of carbonyl (C=O) groups excluding carboxylic acids is 2. The number of amides is 2. The van der Waals surface area contributed by atoms with E-state index in [1.54, 1.807) is 18.2 Å². The van der Waals surface area contributed by atoms with Gasteiger partial charge in [-0.05, 0) is 42.5 Å². The molecule has 1 atom stereocenters. The maximum absolute atomic E-state index is 12.6. The summed E-state index contributed by atoms with van der Waals surface area (Å²) >= 11 is 16.7. The third-order valence-electron chi connectivity index (χ3n) is 3.30. The minimum absolute atomic E-state index is 0.156. The second kappa shape index (κ2) is 6.85. The number of nitrogens with zero attached hydrogens (tertiary/aromatic N) is 1. The van der Waals surface area contributed by atoms with Gasteiger partial charge in [-0.2, -0.15) is 0 Å². The molecule has 2 amide bonds. The van der Waals surface area contributed by atoms with Gasteiger partial charge in [-0.25, -0.2) is 4.90 Å². The van der Waals surface area contributed by atoms with Gasteiger partial charge >= 0.3 is 0 Å². The molecule has 3 rings (SSSR count). The smallest absolute Gasteiger partial charge is 0.247 e. The summed E-state index contributed by atoms with van der Waals surface area (Å²) in [6.45, 7) is 0. The summed E-state index contributed by atoms with van der Waals surface area (Å²) < 4.78 is 0.964. The van der Waals surface area contributed by atoms with Gasteiger partial charge in [-0.15, -0.1) is 11.8 Å². The van der Waals surface area contributed by atoms with E-state index in [0.29, 0.717) is 15.7 Å². The molecule has 23 heavy (non-hydrogen) atoms. The topological polar surface area (TPSA) is 37.4 Å². The van der Waals surface area contributed by atoms with Crippen LogP contribution in [0, 0.1) is 0 Å². The van der Waals surface area contributed by atoms with E-state index in [9.17, 15) is 9.59 Å². The van der Waals surface area contributed by atoms with Gasteiger partial charge in [-0.3, -0.25) is 9.59 Å². The normalized spacial score (nSPS) is 17.9. The molecule has 0 aromatic heterocycles.